The zero-order valence-electron chi connectivity index (χ0n) is 7.96. The third kappa shape index (κ3) is 2.89. The molecule has 1 rings (SSSR count). The van der Waals surface area contributed by atoms with Gasteiger partial charge in [0.2, 0.25) is 0 Å². The number of halogens is 1. The van der Waals surface area contributed by atoms with Crippen molar-refractivity contribution in [2.24, 2.45) is 0 Å². The number of benzene rings is 1. The van der Waals surface area contributed by atoms with Gasteiger partial charge in [-0.1, -0.05) is 43.2 Å². The third-order valence-corrected chi connectivity index (χ3v) is 2.43. The van der Waals surface area contributed by atoms with Crippen LogP contribution < -0.4 is 0 Å². The molecule has 0 spiro atoms. The van der Waals surface area contributed by atoms with Crippen LogP contribution in [0.25, 0.3) is 0 Å². The second-order valence-corrected chi connectivity index (χ2v) is 3.62. The van der Waals surface area contributed by atoms with E-state index < -0.39 is 0 Å². The van der Waals surface area contributed by atoms with Gasteiger partial charge in [0.25, 0.3) is 0 Å². The first kappa shape index (κ1) is 10.3. The zero-order valence-corrected chi connectivity index (χ0v) is 8.72. The zero-order chi connectivity index (χ0) is 9.68. The Hall–Kier alpha value is -0.750. The average Bonchev–Trinajstić information content (AvgIpc) is 2.16. The Kier molecular flexibility index (Phi) is 4.04. The molecule has 0 aliphatic carbocycles. The van der Waals surface area contributed by atoms with Gasteiger partial charge in [0.1, 0.15) is 0 Å². The lowest BCUT2D eigenvalue weighted by atomic mass is 9.95. The van der Waals surface area contributed by atoms with Gasteiger partial charge in [-0.2, -0.15) is 0 Å². The third-order valence-electron chi connectivity index (χ3n) is 2.18. The van der Waals surface area contributed by atoms with Crippen molar-refractivity contribution in [3.8, 4) is 0 Å². The van der Waals surface area contributed by atoms with Gasteiger partial charge < -0.3 is 0 Å². The van der Waals surface area contributed by atoms with Gasteiger partial charge in [-0.05, 0) is 24.1 Å². The van der Waals surface area contributed by atoms with Crippen molar-refractivity contribution >= 4 is 11.6 Å². The summed E-state index contributed by atoms with van der Waals surface area (Å²) in [6.07, 6.45) is 4.34. The van der Waals surface area contributed by atoms with Crippen LogP contribution in [0.5, 0.6) is 0 Å². The lowest BCUT2D eigenvalue weighted by Crippen LogP contribution is -1.93. The van der Waals surface area contributed by atoms with Crippen LogP contribution in [0.4, 0.5) is 0 Å². The van der Waals surface area contributed by atoms with Crippen molar-refractivity contribution in [2.45, 2.75) is 25.7 Å². The molecular weight excluding hydrogens is 180 g/mol. The van der Waals surface area contributed by atoms with E-state index in [1.807, 2.05) is 18.2 Å². The van der Waals surface area contributed by atoms with Crippen molar-refractivity contribution in [1.29, 1.82) is 0 Å². The van der Waals surface area contributed by atoms with E-state index in [1.54, 1.807) is 0 Å². The summed E-state index contributed by atoms with van der Waals surface area (Å²) in [5, 5.41) is 0.795. The van der Waals surface area contributed by atoms with Crippen LogP contribution in [0.1, 0.15) is 31.2 Å². The van der Waals surface area contributed by atoms with E-state index in [2.05, 4.69) is 25.6 Å². The predicted octanol–water partition coefficient (Wildman–Crippen LogP) is 4.41. The summed E-state index contributed by atoms with van der Waals surface area (Å²) in [6, 6.07) is 8.01. The summed E-state index contributed by atoms with van der Waals surface area (Å²) in [6.45, 7) is 6.03. The highest BCUT2D eigenvalue weighted by atomic mass is 35.5. The molecule has 1 aromatic carbocycles. The molecule has 0 aliphatic heterocycles. The van der Waals surface area contributed by atoms with E-state index in [0.29, 0.717) is 5.92 Å². The van der Waals surface area contributed by atoms with E-state index >= 15 is 0 Å². The lowest BCUT2D eigenvalue weighted by Gasteiger charge is -2.11. The fraction of sp³-hybridized carbons (Fsp3) is 0.333. The van der Waals surface area contributed by atoms with Crippen LogP contribution >= 0.6 is 11.6 Å². The summed E-state index contributed by atoms with van der Waals surface area (Å²) < 4.78 is 0. The maximum absolute atomic E-state index is 5.81. The maximum Gasteiger partial charge on any atom is 0.0406 e. The lowest BCUT2D eigenvalue weighted by molar-refractivity contribution is 0.718. The highest BCUT2D eigenvalue weighted by Crippen LogP contribution is 2.23. The molecule has 0 heterocycles. The monoisotopic (exact) mass is 194 g/mol. The van der Waals surface area contributed by atoms with Gasteiger partial charge in [0.15, 0.2) is 0 Å². The first-order valence-corrected chi connectivity index (χ1v) is 5.03. The SMILES string of the molecule is C=CC(CCC)c1ccc(Cl)cc1. The minimum Gasteiger partial charge on any atom is -0.102 e. The number of rotatable bonds is 4. The van der Waals surface area contributed by atoms with Crippen molar-refractivity contribution in [1.82, 2.24) is 0 Å². The van der Waals surface area contributed by atoms with Crippen LogP contribution in [0.3, 0.4) is 0 Å². The molecule has 0 fully saturated rings. The Balaban J connectivity index is 2.79. The topological polar surface area (TPSA) is 0 Å². The van der Waals surface area contributed by atoms with Crippen molar-refractivity contribution < 1.29 is 0 Å². The Morgan fingerprint density at radius 1 is 1.38 bits per heavy atom. The standard InChI is InChI=1S/C12H15Cl/c1-3-5-10(4-2)11-6-8-12(13)9-7-11/h4,6-10H,2-3,5H2,1H3. The summed E-state index contributed by atoms with van der Waals surface area (Å²) in [7, 11) is 0. The van der Waals surface area contributed by atoms with Crippen LogP contribution in [0.15, 0.2) is 36.9 Å². The highest BCUT2D eigenvalue weighted by Gasteiger charge is 2.04. The summed E-state index contributed by atoms with van der Waals surface area (Å²) in [5.41, 5.74) is 1.31. The molecule has 13 heavy (non-hydrogen) atoms. The van der Waals surface area contributed by atoms with Gasteiger partial charge in [-0.15, -0.1) is 6.58 Å². The molecule has 0 saturated heterocycles. The molecule has 0 nitrogen and oxygen atoms in total. The number of hydrogen-bond donors (Lipinski definition) is 0. The molecule has 0 radical (unpaired) electrons. The Morgan fingerprint density at radius 3 is 2.46 bits per heavy atom. The molecule has 0 saturated carbocycles. The molecule has 0 aromatic heterocycles. The van der Waals surface area contributed by atoms with Gasteiger partial charge >= 0.3 is 0 Å². The molecule has 1 atom stereocenters. The van der Waals surface area contributed by atoms with Gasteiger partial charge in [-0.25, -0.2) is 0 Å². The average molecular weight is 195 g/mol. The van der Waals surface area contributed by atoms with E-state index in [0.717, 1.165) is 11.4 Å². The quantitative estimate of drug-likeness (QED) is 0.623. The minimum absolute atomic E-state index is 0.474. The molecule has 0 aliphatic rings. The molecule has 1 aromatic rings. The predicted molar refractivity (Wildman–Crippen MR) is 59.3 cm³/mol. The molecule has 0 bridgehead atoms. The number of hydrogen-bond acceptors (Lipinski definition) is 0. The first-order valence-electron chi connectivity index (χ1n) is 4.66. The molecule has 1 unspecified atom stereocenters. The number of allylic oxidation sites excluding steroid dienone is 1. The first-order chi connectivity index (χ1) is 6.27. The van der Waals surface area contributed by atoms with Crippen LogP contribution in [-0.4, -0.2) is 0 Å². The fourth-order valence-electron chi connectivity index (χ4n) is 1.44. The molecule has 0 amide bonds. The summed E-state index contributed by atoms with van der Waals surface area (Å²) in [4.78, 5) is 0. The molecular formula is C12H15Cl. The Bertz CT molecular complexity index is 261. The van der Waals surface area contributed by atoms with Gasteiger partial charge in [0.05, 0.1) is 0 Å². The fourth-order valence-corrected chi connectivity index (χ4v) is 1.57. The second kappa shape index (κ2) is 5.08. The van der Waals surface area contributed by atoms with Crippen LogP contribution in [-0.2, 0) is 0 Å². The van der Waals surface area contributed by atoms with E-state index in [-0.39, 0.29) is 0 Å². The largest absolute Gasteiger partial charge is 0.102 e. The van der Waals surface area contributed by atoms with Crippen LogP contribution in [0, 0.1) is 0 Å². The summed E-state index contributed by atoms with van der Waals surface area (Å²) >= 11 is 5.81. The minimum atomic E-state index is 0.474. The summed E-state index contributed by atoms with van der Waals surface area (Å²) in [5.74, 6) is 0.474. The van der Waals surface area contributed by atoms with Crippen molar-refractivity contribution in [2.75, 3.05) is 0 Å². The maximum atomic E-state index is 5.81. The Labute approximate surface area is 85.2 Å². The Morgan fingerprint density at radius 2 is 2.00 bits per heavy atom. The van der Waals surface area contributed by atoms with Crippen LogP contribution in [0.2, 0.25) is 5.02 Å². The molecule has 70 valence electrons. The van der Waals surface area contributed by atoms with E-state index in [9.17, 15) is 0 Å². The van der Waals surface area contributed by atoms with Gasteiger partial charge in [0, 0.05) is 10.9 Å². The molecule has 1 heteroatoms. The van der Waals surface area contributed by atoms with E-state index in [4.69, 9.17) is 11.6 Å². The second-order valence-electron chi connectivity index (χ2n) is 3.18. The normalized spacial score (nSPS) is 12.5. The van der Waals surface area contributed by atoms with Crippen molar-refractivity contribution in [3.63, 3.8) is 0 Å². The van der Waals surface area contributed by atoms with Crippen molar-refractivity contribution in [3.05, 3.63) is 47.5 Å². The van der Waals surface area contributed by atoms with Gasteiger partial charge in [-0.3, -0.25) is 0 Å². The molecule has 0 N–H and O–H groups in total. The van der Waals surface area contributed by atoms with E-state index in [1.165, 1.54) is 12.0 Å². The smallest absolute Gasteiger partial charge is 0.0406 e. The highest BCUT2D eigenvalue weighted by molar-refractivity contribution is 6.30.